The van der Waals surface area contributed by atoms with Gasteiger partial charge in [-0.3, -0.25) is 9.20 Å². The Morgan fingerprint density at radius 3 is 2.90 bits per heavy atom. The van der Waals surface area contributed by atoms with Crippen molar-refractivity contribution in [2.45, 2.75) is 25.8 Å². The molecule has 2 aromatic heterocycles. The zero-order valence-electron chi connectivity index (χ0n) is 11.7. The molecule has 1 saturated carbocycles. The monoisotopic (exact) mass is 290 g/mol. The molecule has 0 aliphatic heterocycles. The minimum absolute atomic E-state index is 0.102. The molecule has 1 fully saturated rings. The van der Waals surface area contributed by atoms with Crippen LogP contribution in [-0.4, -0.2) is 38.3 Å². The van der Waals surface area contributed by atoms with E-state index in [0.29, 0.717) is 12.2 Å². The van der Waals surface area contributed by atoms with E-state index in [0.717, 1.165) is 12.8 Å². The van der Waals surface area contributed by atoms with Crippen LogP contribution in [0, 0.1) is 5.41 Å². The van der Waals surface area contributed by atoms with Gasteiger partial charge in [0.25, 0.3) is 0 Å². The number of nitrogens with zero attached hydrogens (tertiary/aromatic N) is 3. The van der Waals surface area contributed by atoms with Crippen LogP contribution < -0.4 is 11.0 Å². The largest absolute Gasteiger partial charge is 0.396 e. The number of aliphatic hydroxyl groups excluding tert-OH is 1. The quantitative estimate of drug-likeness (QED) is 0.769. The second-order valence-corrected chi connectivity index (χ2v) is 5.62. The van der Waals surface area contributed by atoms with Gasteiger partial charge in [0.15, 0.2) is 5.65 Å². The molecule has 7 heteroatoms. The molecule has 2 aromatic rings. The van der Waals surface area contributed by atoms with Gasteiger partial charge >= 0.3 is 5.69 Å². The molecule has 0 bridgehead atoms. The van der Waals surface area contributed by atoms with E-state index < -0.39 is 0 Å². The molecule has 2 N–H and O–H groups in total. The fourth-order valence-electron chi connectivity index (χ4n) is 2.26. The van der Waals surface area contributed by atoms with Crippen molar-refractivity contribution in [3.63, 3.8) is 0 Å². The average molecular weight is 290 g/mol. The number of fused-ring (bicyclic) bond motifs is 1. The SMILES string of the molecule is O=C(CCn1nc2ccccn2c1=O)NCC1(CO)CC1. The van der Waals surface area contributed by atoms with Crippen LogP contribution in [0.3, 0.4) is 0 Å². The smallest absolute Gasteiger partial charge is 0.350 e. The maximum absolute atomic E-state index is 12.0. The van der Waals surface area contributed by atoms with E-state index in [1.54, 1.807) is 18.3 Å². The van der Waals surface area contributed by atoms with Crippen LogP contribution in [0.5, 0.6) is 0 Å². The van der Waals surface area contributed by atoms with Gasteiger partial charge in [0.05, 0.1) is 13.2 Å². The van der Waals surface area contributed by atoms with Gasteiger partial charge in [-0.15, -0.1) is 5.10 Å². The number of carbonyl (C=O) groups excluding carboxylic acids is 1. The van der Waals surface area contributed by atoms with E-state index in [1.165, 1.54) is 9.08 Å². The standard InChI is InChI=1S/C14H18N4O3/c19-10-14(5-6-14)9-15-12(20)4-8-18-13(21)17-7-2-1-3-11(17)16-18/h1-3,7,19H,4-6,8-10H2,(H,15,20). The first kappa shape index (κ1) is 13.8. The second kappa shape index (κ2) is 5.33. The third-order valence-corrected chi connectivity index (χ3v) is 3.99. The lowest BCUT2D eigenvalue weighted by Crippen LogP contribution is -2.33. The minimum Gasteiger partial charge on any atom is -0.396 e. The first-order chi connectivity index (χ1) is 10.1. The van der Waals surface area contributed by atoms with Crippen LogP contribution in [0.2, 0.25) is 0 Å². The number of aryl methyl sites for hydroxylation is 1. The van der Waals surface area contributed by atoms with Gasteiger partial charge in [-0.1, -0.05) is 6.07 Å². The lowest BCUT2D eigenvalue weighted by molar-refractivity contribution is -0.121. The molecule has 1 aliphatic carbocycles. The van der Waals surface area contributed by atoms with Crippen LogP contribution in [0.1, 0.15) is 19.3 Å². The van der Waals surface area contributed by atoms with E-state index in [1.807, 2.05) is 6.07 Å². The van der Waals surface area contributed by atoms with Gasteiger partial charge in [-0.25, -0.2) is 9.48 Å². The average Bonchev–Trinajstić information content (AvgIpc) is 3.23. The molecule has 112 valence electrons. The summed E-state index contributed by atoms with van der Waals surface area (Å²) in [7, 11) is 0. The summed E-state index contributed by atoms with van der Waals surface area (Å²) in [5, 5.41) is 16.2. The van der Waals surface area contributed by atoms with Gasteiger partial charge in [-0.2, -0.15) is 0 Å². The first-order valence-corrected chi connectivity index (χ1v) is 7.05. The Bertz CT molecular complexity index is 714. The van der Waals surface area contributed by atoms with Crippen LogP contribution in [-0.2, 0) is 11.3 Å². The van der Waals surface area contributed by atoms with E-state index in [9.17, 15) is 14.7 Å². The summed E-state index contributed by atoms with van der Waals surface area (Å²) in [5.74, 6) is -0.126. The highest BCUT2D eigenvalue weighted by molar-refractivity contribution is 5.75. The Morgan fingerprint density at radius 2 is 2.24 bits per heavy atom. The maximum atomic E-state index is 12.0. The summed E-state index contributed by atoms with van der Waals surface area (Å²) in [6, 6.07) is 5.32. The zero-order valence-corrected chi connectivity index (χ0v) is 11.7. The zero-order chi connectivity index (χ0) is 14.9. The van der Waals surface area contributed by atoms with Crippen molar-refractivity contribution in [2.75, 3.05) is 13.2 Å². The molecule has 21 heavy (non-hydrogen) atoms. The fraction of sp³-hybridized carbons (Fsp3) is 0.500. The van der Waals surface area contributed by atoms with Crippen LogP contribution >= 0.6 is 0 Å². The number of aliphatic hydroxyl groups is 1. The molecule has 7 nitrogen and oxygen atoms in total. The van der Waals surface area contributed by atoms with Gasteiger partial charge in [0.2, 0.25) is 5.91 Å². The molecule has 0 unspecified atom stereocenters. The molecule has 3 rings (SSSR count). The molecule has 0 radical (unpaired) electrons. The van der Waals surface area contributed by atoms with Gasteiger partial charge in [0, 0.05) is 24.6 Å². The molecular formula is C14H18N4O3. The topological polar surface area (TPSA) is 88.6 Å². The number of amides is 1. The summed E-state index contributed by atoms with van der Waals surface area (Å²) in [4.78, 5) is 23.8. The van der Waals surface area contributed by atoms with E-state index in [2.05, 4.69) is 10.4 Å². The number of pyridine rings is 1. The summed E-state index contributed by atoms with van der Waals surface area (Å²) in [6.07, 6.45) is 3.76. The molecule has 0 saturated heterocycles. The van der Waals surface area contributed by atoms with Gasteiger partial charge < -0.3 is 10.4 Å². The van der Waals surface area contributed by atoms with Crippen LogP contribution in [0.4, 0.5) is 0 Å². The molecule has 1 aliphatic rings. The number of nitrogens with one attached hydrogen (secondary N) is 1. The Balaban J connectivity index is 1.57. The Labute approximate surface area is 121 Å². The number of hydrogen-bond acceptors (Lipinski definition) is 4. The third-order valence-electron chi connectivity index (χ3n) is 3.99. The van der Waals surface area contributed by atoms with Crippen LogP contribution in [0.25, 0.3) is 5.65 Å². The van der Waals surface area contributed by atoms with Crippen molar-refractivity contribution in [1.82, 2.24) is 19.5 Å². The van der Waals surface area contributed by atoms with E-state index >= 15 is 0 Å². The highest BCUT2D eigenvalue weighted by Crippen LogP contribution is 2.44. The summed E-state index contributed by atoms with van der Waals surface area (Å²) < 4.78 is 2.75. The van der Waals surface area contributed by atoms with Crippen molar-refractivity contribution in [3.05, 3.63) is 34.9 Å². The fourth-order valence-corrected chi connectivity index (χ4v) is 2.26. The molecule has 0 spiro atoms. The molecule has 2 heterocycles. The minimum atomic E-state index is -0.243. The summed E-state index contributed by atoms with van der Waals surface area (Å²) >= 11 is 0. The summed E-state index contributed by atoms with van der Waals surface area (Å²) in [6.45, 7) is 0.861. The van der Waals surface area contributed by atoms with Crippen molar-refractivity contribution < 1.29 is 9.90 Å². The van der Waals surface area contributed by atoms with Gasteiger partial charge in [0.1, 0.15) is 0 Å². The second-order valence-electron chi connectivity index (χ2n) is 5.62. The number of hydrogen-bond donors (Lipinski definition) is 2. The predicted octanol–water partition coefficient (Wildman–Crippen LogP) is -0.225. The lowest BCUT2D eigenvalue weighted by atomic mass is 10.1. The first-order valence-electron chi connectivity index (χ1n) is 7.05. The van der Waals surface area contributed by atoms with Crippen molar-refractivity contribution in [2.24, 2.45) is 5.41 Å². The molecule has 1 amide bonds. The van der Waals surface area contributed by atoms with Crippen molar-refractivity contribution in [1.29, 1.82) is 0 Å². The van der Waals surface area contributed by atoms with Crippen molar-refractivity contribution in [3.8, 4) is 0 Å². The van der Waals surface area contributed by atoms with Crippen molar-refractivity contribution >= 4 is 11.6 Å². The Morgan fingerprint density at radius 1 is 1.43 bits per heavy atom. The number of rotatable bonds is 6. The Hall–Kier alpha value is -2.15. The number of aromatic nitrogens is 3. The molecule has 0 aromatic carbocycles. The van der Waals surface area contributed by atoms with E-state index in [-0.39, 0.29) is 36.6 Å². The molecule has 0 atom stereocenters. The lowest BCUT2D eigenvalue weighted by Gasteiger charge is -2.12. The highest BCUT2D eigenvalue weighted by Gasteiger charge is 2.41. The third kappa shape index (κ3) is 2.82. The normalized spacial score (nSPS) is 16.0. The maximum Gasteiger partial charge on any atom is 0.350 e. The summed E-state index contributed by atoms with van der Waals surface area (Å²) in [5.41, 5.74) is 0.225. The Kier molecular flexibility index (Phi) is 3.50. The van der Waals surface area contributed by atoms with E-state index in [4.69, 9.17) is 0 Å². The number of carbonyl (C=O) groups is 1. The van der Waals surface area contributed by atoms with Crippen LogP contribution in [0.15, 0.2) is 29.2 Å². The highest BCUT2D eigenvalue weighted by atomic mass is 16.3. The molecular weight excluding hydrogens is 272 g/mol. The predicted molar refractivity (Wildman–Crippen MR) is 75.8 cm³/mol. The van der Waals surface area contributed by atoms with Gasteiger partial charge in [-0.05, 0) is 25.0 Å².